The molecule has 0 aliphatic carbocycles. The maximum atomic E-state index is 12.9. The molecule has 0 radical (unpaired) electrons. The fraction of sp³-hybridized carbons (Fsp3) is 0.318. The molecule has 1 heterocycles. The highest BCUT2D eigenvalue weighted by molar-refractivity contribution is 6.07. The number of Topliss-reactive ketones (excluding diaryl/α,β-unsaturated/α-hetero) is 1. The van der Waals surface area contributed by atoms with Gasteiger partial charge in [0.15, 0.2) is 5.78 Å². The van der Waals surface area contributed by atoms with Crippen LogP contribution in [0.3, 0.4) is 0 Å². The zero-order valence-electron chi connectivity index (χ0n) is 16.6. The first-order valence-corrected chi connectivity index (χ1v) is 9.34. The number of hydrogen-bond acceptors (Lipinski definition) is 5. The third-order valence-corrected chi connectivity index (χ3v) is 5.00. The molecule has 29 heavy (non-hydrogen) atoms. The number of nitrogens with one attached hydrogen (secondary N) is 1. The van der Waals surface area contributed by atoms with Gasteiger partial charge in [-0.3, -0.25) is 14.5 Å². The number of ketones is 1. The monoisotopic (exact) mass is 396 g/mol. The van der Waals surface area contributed by atoms with Gasteiger partial charge in [-0.15, -0.1) is 0 Å². The van der Waals surface area contributed by atoms with Crippen molar-refractivity contribution in [2.75, 3.05) is 13.2 Å². The summed E-state index contributed by atoms with van der Waals surface area (Å²) >= 11 is 0. The van der Waals surface area contributed by atoms with Crippen LogP contribution in [0.4, 0.5) is 4.79 Å². The lowest BCUT2D eigenvalue weighted by atomic mass is 9.91. The van der Waals surface area contributed by atoms with Crippen LogP contribution in [0.15, 0.2) is 48.5 Å². The van der Waals surface area contributed by atoms with E-state index in [0.717, 1.165) is 10.5 Å². The lowest BCUT2D eigenvalue weighted by molar-refractivity contribution is -0.132. The Hall–Kier alpha value is -3.19. The van der Waals surface area contributed by atoms with Gasteiger partial charge in [-0.1, -0.05) is 29.8 Å². The van der Waals surface area contributed by atoms with Crippen molar-refractivity contribution < 1.29 is 24.2 Å². The second-order valence-corrected chi connectivity index (χ2v) is 7.38. The highest BCUT2D eigenvalue weighted by Gasteiger charge is 2.49. The number of β-amino-alcohol motifs (C(OH)–C–C–N with tert-alkyl or cyclic N) is 1. The summed E-state index contributed by atoms with van der Waals surface area (Å²) in [5, 5.41) is 13.0. The fourth-order valence-corrected chi connectivity index (χ4v) is 3.19. The SMILES string of the molecule is CC(=O)c1ccc(OC[C@H](O)CN2C(=O)N[C@](C)(c3ccc(C)cc3)C2=O)cc1. The molecule has 0 saturated carbocycles. The second-order valence-electron chi connectivity index (χ2n) is 7.38. The van der Waals surface area contributed by atoms with Gasteiger partial charge in [0.1, 0.15) is 24.0 Å². The van der Waals surface area contributed by atoms with Crippen LogP contribution < -0.4 is 10.1 Å². The number of amides is 3. The Morgan fingerprint density at radius 2 is 1.76 bits per heavy atom. The highest BCUT2D eigenvalue weighted by atomic mass is 16.5. The molecule has 1 fully saturated rings. The minimum Gasteiger partial charge on any atom is -0.491 e. The Bertz CT molecular complexity index is 923. The van der Waals surface area contributed by atoms with E-state index in [1.807, 2.05) is 19.1 Å². The number of aryl methyl sites for hydroxylation is 1. The van der Waals surface area contributed by atoms with Gasteiger partial charge in [-0.05, 0) is 50.6 Å². The van der Waals surface area contributed by atoms with Gasteiger partial charge in [0.25, 0.3) is 5.91 Å². The van der Waals surface area contributed by atoms with Crippen molar-refractivity contribution in [1.29, 1.82) is 0 Å². The Morgan fingerprint density at radius 3 is 2.34 bits per heavy atom. The van der Waals surface area contributed by atoms with Gasteiger partial charge in [-0.2, -0.15) is 0 Å². The van der Waals surface area contributed by atoms with Crippen molar-refractivity contribution in [3.05, 3.63) is 65.2 Å². The Kier molecular flexibility index (Phi) is 5.70. The van der Waals surface area contributed by atoms with Crippen molar-refractivity contribution >= 4 is 17.7 Å². The van der Waals surface area contributed by atoms with Crippen molar-refractivity contribution in [2.45, 2.75) is 32.4 Å². The van der Waals surface area contributed by atoms with Crippen LogP contribution >= 0.6 is 0 Å². The first kappa shape index (κ1) is 20.5. The van der Waals surface area contributed by atoms with Crippen LogP contribution in [0.1, 0.15) is 35.3 Å². The molecule has 0 aromatic heterocycles. The van der Waals surface area contributed by atoms with Crippen LogP contribution in [-0.4, -0.2) is 47.0 Å². The number of rotatable bonds is 7. The summed E-state index contributed by atoms with van der Waals surface area (Å²) in [5.41, 5.74) is 1.12. The summed E-state index contributed by atoms with van der Waals surface area (Å²) in [5.74, 6) is 0.0127. The van der Waals surface area contributed by atoms with Gasteiger partial charge < -0.3 is 15.2 Å². The van der Waals surface area contributed by atoms with Crippen molar-refractivity contribution in [3.63, 3.8) is 0 Å². The van der Waals surface area contributed by atoms with Gasteiger partial charge in [0, 0.05) is 5.56 Å². The lowest BCUT2D eigenvalue weighted by Crippen LogP contribution is -2.42. The molecular weight excluding hydrogens is 372 g/mol. The lowest BCUT2D eigenvalue weighted by Gasteiger charge is -2.23. The molecule has 1 saturated heterocycles. The standard InChI is InChI=1S/C22H24N2O5/c1-14-4-8-17(9-5-14)22(3)20(27)24(21(28)23-22)12-18(26)13-29-19-10-6-16(7-11-19)15(2)25/h4-11,18,26H,12-13H2,1-3H3,(H,23,28)/t18-,22-/m1/s1. The quantitative estimate of drug-likeness (QED) is 0.553. The number of carbonyl (C=O) groups excluding carboxylic acids is 3. The maximum Gasteiger partial charge on any atom is 0.325 e. The van der Waals surface area contributed by atoms with Crippen molar-refractivity contribution in [2.24, 2.45) is 0 Å². The van der Waals surface area contributed by atoms with Crippen LogP contribution in [0, 0.1) is 6.92 Å². The molecule has 2 aromatic carbocycles. The molecule has 1 aliphatic heterocycles. The normalized spacial score (nSPS) is 19.8. The van der Waals surface area contributed by atoms with E-state index in [9.17, 15) is 19.5 Å². The van der Waals surface area contributed by atoms with E-state index in [1.54, 1.807) is 43.3 Å². The van der Waals surface area contributed by atoms with Crippen LogP contribution in [-0.2, 0) is 10.3 Å². The van der Waals surface area contributed by atoms with Crippen LogP contribution in [0.25, 0.3) is 0 Å². The summed E-state index contributed by atoms with van der Waals surface area (Å²) in [6.45, 7) is 4.78. The van der Waals surface area contributed by atoms with E-state index < -0.39 is 23.6 Å². The van der Waals surface area contributed by atoms with Crippen molar-refractivity contribution in [1.82, 2.24) is 10.2 Å². The molecule has 7 heteroatoms. The number of urea groups is 1. The number of imide groups is 1. The number of ether oxygens (including phenoxy) is 1. The molecule has 3 amide bonds. The molecule has 0 unspecified atom stereocenters. The van der Waals surface area contributed by atoms with Crippen molar-refractivity contribution in [3.8, 4) is 5.75 Å². The topological polar surface area (TPSA) is 95.9 Å². The minimum atomic E-state index is -1.17. The summed E-state index contributed by atoms with van der Waals surface area (Å²) in [7, 11) is 0. The fourth-order valence-electron chi connectivity index (χ4n) is 3.19. The number of hydrogen-bond donors (Lipinski definition) is 2. The average molecular weight is 396 g/mol. The third kappa shape index (κ3) is 4.30. The molecule has 2 N–H and O–H groups in total. The largest absolute Gasteiger partial charge is 0.491 e. The van der Waals surface area contributed by atoms with Gasteiger partial charge in [0.2, 0.25) is 0 Å². The van der Waals surface area contributed by atoms with E-state index in [2.05, 4.69) is 5.32 Å². The number of carbonyl (C=O) groups is 3. The molecule has 2 aromatic rings. The maximum absolute atomic E-state index is 12.9. The number of benzene rings is 2. The van der Waals surface area contributed by atoms with E-state index in [0.29, 0.717) is 16.9 Å². The molecule has 152 valence electrons. The molecular formula is C22H24N2O5. The predicted molar refractivity (Wildman–Crippen MR) is 107 cm³/mol. The highest BCUT2D eigenvalue weighted by Crippen LogP contribution is 2.29. The summed E-state index contributed by atoms with van der Waals surface area (Å²) in [6.07, 6.45) is -1.06. The van der Waals surface area contributed by atoms with E-state index >= 15 is 0 Å². The summed E-state index contributed by atoms with van der Waals surface area (Å²) in [4.78, 5) is 37.6. The summed E-state index contributed by atoms with van der Waals surface area (Å²) < 4.78 is 5.50. The first-order chi connectivity index (χ1) is 13.7. The smallest absolute Gasteiger partial charge is 0.325 e. The predicted octanol–water partition coefficient (Wildman–Crippen LogP) is 2.40. The average Bonchev–Trinajstić information content (AvgIpc) is 2.91. The van der Waals surface area contributed by atoms with Crippen LogP contribution in [0.5, 0.6) is 5.75 Å². The Labute approximate surface area is 169 Å². The van der Waals surface area contributed by atoms with Crippen LogP contribution in [0.2, 0.25) is 0 Å². The molecule has 7 nitrogen and oxygen atoms in total. The first-order valence-electron chi connectivity index (χ1n) is 9.34. The third-order valence-electron chi connectivity index (χ3n) is 5.00. The zero-order valence-corrected chi connectivity index (χ0v) is 16.6. The van der Waals surface area contributed by atoms with E-state index in [4.69, 9.17) is 4.74 Å². The molecule has 0 bridgehead atoms. The number of nitrogens with zero attached hydrogens (tertiary/aromatic N) is 1. The number of aliphatic hydroxyl groups excluding tert-OH is 1. The Balaban J connectivity index is 1.62. The summed E-state index contributed by atoms with van der Waals surface area (Å²) in [6, 6.07) is 13.3. The second kappa shape index (κ2) is 8.05. The Morgan fingerprint density at radius 1 is 1.14 bits per heavy atom. The molecule has 0 spiro atoms. The van der Waals surface area contributed by atoms with Gasteiger partial charge in [-0.25, -0.2) is 4.79 Å². The van der Waals surface area contributed by atoms with Gasteiger partial charge in [0.05, 0.1) is 6.54 Å². The molecule has 2 atom stereocenters. The van der Waals surface area contributed by atoms with E-state index in [-0.39, 0.29) is 18.9 Å². The minimum absolute atomic E-state index is 0.0493. The zero-order chi connectivity index (χ0) is 21.2. The molecule has 3 rings (SSSR count). The number of aliphatic hydroxyl groups is 1. The molecule has 1 aliphatic rings. The van der Waals surface area contributed by atoms with Gasteiger partial charge >= 0.3 is 6.03 Å². The van der Waals surface area contributed by atoms with E-state index in [1.165, 1.54) is 6.92 Å².